The number of rotatable bonds is 2. The highest BCUT2D eigenvalue weighted by molar-refractivity contribution is 7.21. The minimum Gasteiger partial charge on any atom is -0.397 e. The van der Waals surface area contributed by atoms with Crippen LogP contribution in [0.4, 0.5) is 5.69 Å². The van der Waals surface area contributed by atoms with Gasteiger partial charge < -0.3 is 15.5 Å². The van der Waals surface area contributed by atoms with Crippen molar-refractivity contribution in [2.45, 2.75) is 32.1 Å². The second-order valence-corrected chi connectivity index (χ2v) is 10.0. The number of aromatic nitrogens is 1. The molecule has 2 aliphatic rings. The van der Waals surface area contributed by atoms with Gasteiger partial charge in [0.2, 0.25) is 0 Å². The normalized spacial score (nSPS) is 18.0. The first-order valence-electron chi connectivity index (χ1n) is 10.4. The molecule has 5 nitrogen and oxygen atoms in total. The van der Waals surface area contributed by atoms with Gasteiger partial charge in [0.15, 0.2) is 0 Å². The summed E-state index contributed by atoms with van der Waals surface area (Å²) >= 11 is 3.23. The van der Waals surface area contributed by atoms with Gasteiger partial charge in [-0.2, -0.15) is 0 Å². The lowest BCUT2D eigenvalue weighted by atomic mass is 9.97. The number of carbonyl (C=O) groups is 1. The molecule has 7 heteroatoms. The Labute approximate surface area is 179 Å². The Kier molecular flexibility index (Phi) is 5.05. The Morgan fingerprint density at radius 1 is 1.14 bits per heavy atom. The average molecular weight is 427 g/mol. The maximum absolute atomic E-state index is 13.3. The standard InChI is InChI=1S/C22H26N4OS2/c1-25-9-11-26(12-10-25)22(27)20-19(23)18-17(16-8-5-13-28-16)14-6-3-2-4-7-15(14)24-21(18)29-20/h5,8,13H,2-4,6-7,9-12,23H2,1H3. The molecule has 1 saturated heterocycles. The molecule has 1 fully saturated rings. The topological polar surface area (TPSA) is 62.5 Å². The Hall–Kier alpha value is -1.96. The lowest BCUT2D eigenvalue weighted by molar-refractivity contribution is 0.0670. The van der Waals surface area contributed by atoms with Crippen LogP contribution in [0.3, 0.4) is 0 Å². The fraction of sp³-hybridized carbons (Fsp3) is 0.455. The molecule has 3 aromatic rings. The van der Waals surface area contributed by atoms with E-state index in [0.29, 0.717) is 10.6 Å². The van der Waals surface area contributed by atoms with Crippen LogP contribution < -0.4 is 5.73 Å². The summed E-state index contributed by atoms with van der Waals surface area (Å²) in [4.78, 5) is 25.3. The third-order valence-electron chi connectivity index (χ3n) is 6.16. The smallest absolute Gasteiger partial charge is 0.266 e. The minimum absolute atomic E-state index is 0.0610. The molecule has 2 N–H and O–H groups in total. The van der Waals surface area contributed by atoms with Gasteiger partial charge in [0.1, 0.15) is 9.71 Å². The molecule has 0 bridgehead atoms. The Morgan fingerprint density at radius 3 is 2.69 bits per heavy atom. The van der Waals surface area contributed by atoms with E-state index in [-0.39, 0.29) is 5.91 Å². The molecule has 1 aliphatic heterocycles. The van der Waals surface area contributed by atoms with Crippen LogP contribution in [-0.2, 0) is 12.8 Å². The first-order chi connectivity index (χ1) is 14.1. The summed E-state index contributed by atoms with van der Waals surface area (Å²) < 4.78 is 0. The van der Waals surface area contributed by atoms with Crippen LogP contribution in [-0.4, -0.2) is 53.9 Å². The van der Waals surface area contributed by atoms with Gasteiger partial charge in [0.25, 0.3) is 5.91 Å². The van der Waals surface area contributed by atoms with Crippen molar-refractivity contribution in [3.05, 3.63) is 33.6 Å². The van der Waals surface area contributed by atoms with E-state index in [1.54, 1.807) is 11.3 Å². The van der Waals surface area contributed by atoms with Crippen LogP contribution in [0.2, 0.25) is 0 Å². The zero-order valence-corrected chi connectivity index (χ0v) is 18.4. The van der Waals surface area contributed by atoms with Gasteiger partial charge >= 0.3 is 0 Å². The van der Waals surface area contributed by atoms with Gasteiger partial charge in [-0.05, 0) is 49.7 Å². The lowest BCUT2D eigenvalue weighted by Crippen LogP contribution is -2.47. The van der Waals surface area contributed by atoms with E-state index in [0.717, 1.165) is 49.2 Å². The number of aryl methyl sites for hydroxylation is 1. The Bertz CT molecular complexity index is 1050. The predicted octanol–water partition coefficient (Wildman–Crippen LogP) is 4.26. The average Bonchev–Trinajstić information content (AvgIpc) is 3.29. The van der Waals surface area contributed by atoms with Crippen LogP contribution >= 0.6 is 22.7 Å². The highest BCUT2D eigenvalue weighted by Gasteiger charge is 2.28. The van der Waals surface area contributed by atoms with E-state index < -0.39 is 0 Å². The molecule has 152 valence electrons. The van der Waals surface area contributed by atoms with E-state index in [2.05, 4.69) is 29.5 Å². The van der Waals surface area contributed by atoms with Crippen LogP contribution in [0.25, 0.3) is 20.7 Å². The van der Waals surface area contributed by atoms with Crippen molar-refractivity contribution in [2.75, 3.05) is 39.0 Å². The number of anilines is 1. The van der Waals surface area contributed by atoms with E-state index in [1.807, 2.05) is 4.90 Å². The second kappa shape index (κ2) is 7.70. The van der Waals surface area contributed by atoms with Gasteiger partial charge in [-0.25, -0.2) is 4.98 Å². The van der Waals surface area contributed by atoms with Gasteiger partial charge in [-0.3, -0.25) is 4.79 Å². The monoisotopic (exact) mass is 426 g/mol. The van der Waals surface area contributed by atoms with Crippen molar-refractivity contribution in [1.82, 2.24) is 14.8 Å². The van der Waals surface area contributed by atoms with Crippen LogP contribution in [0.1, 0.15) is 40.2 Å². The molecule has 0 unspecified atom stereocenters. The van der Waals surface area contributed by atoms with Gasteiger partial charge in [-0.1, -0.05) is 12.5 Å². The number of nitrogens with two attached hydrogens (primary N) is 1. The van der Waals surface area contributed by atoms with Crippen LogP contribution in [0, 0.1) is 0 Å². The highest BCUT2D eigenvalue weighted by Crippen LogP contribution is 2.45. The van der Waals surface area contributed by atoms with Crippen LogP contribution in [0.5, 0.6) is 0 Å². The highest BCUT2D eigenvalue weighted by atomic mass is 32.1. The summed E-state index contributed by atoms with van der Waals surface area (Å²) in [6.45, 7) is 3.32. The Morgan fingerprint density at radius 2 is 1.93 bits per heavy atom. The fourth-order valence-corrected chi connectivity index (χ4v) is 6.38. The zero-order chi connectivity index (χ0) is 20.0. The van der Waals surface area contributed by atoms with Crippen molar-refractivity contribution in [3.63, 3.8) is 0 Å². The number of likely N-dealkylation sites (N-methyl/N-ethyl adjacent to an activating group) is 1. The fourth-order valence-electron chi connectivity index (χ4n) is 4.49. The zero-order valence-electron chi connectivity index (χ0n) is 16.7. The number of pyridine rings is 1. The quantitative estimate of drug-likeness (QED) is 0.622. The van der Waals surface area contributed by atoms with Crippen molar-refractivity contribution in [2.24, 2.45) is 0 Å². The van der Waals surface area contributed by atoms with Crippen molar-refractivity contribution in [3.8, 4) is 10.4 Å². The van der Waals surface area contributed by atoms with Crippen LogP contribution in [0.15, 0.2) is 17.5 Å². The van der Waals surface area contributed by atoms with E-state index in [1.165, 1.54) is 52.3 Å². The Balaban J connectivity index is 1.67. The largest absolute Gasteiger partial charge is 0.397 e. The summed E-state index contributed by atoms with van der Waals surface area (Å²) in [5, 5.41) is 3.11. The summed E-state index contributed by atoms with van der Waals surface area (Å²) in [6.07, 6.45) is 5.68. The number of piperazine rings is 1. The molecule has 4 heterocycles. The number of thiophene rings is 2. The maximum atomic E-state index is 13.3. The number of hydrogen-bond donors (Lipinski definition) is 1. The van der Waals surface area contributed by atoms with E-state index in [4.69, 9.17) is 10.7 Å². The molecule has 29 heavy (non-hydrogen) atoms. The molecular formula is C22H26N4OS2. The van der Waals surface area contributed by atoms with Gasteiger partial charge in [-0.15, -0.1) is 22.7 Å². The van der Waals surface area contributed by atoms with Crippen molar-refractivity contribution in [1.29, 1.82) is 0 Å². The summed E-state index contributed by atoms with van der Waals surface area (Å²) in [5.74, 6) is 0.0610. The number of nitrogen functional groups attached to an aromatic ring is 1. The molecule has 5 rings (SSSR count). The van der Waals surface area contributed by atoms with E-state index in [9.17, 15) is 4.79 Å². The molecule has 0 spiro atoms. The molecule has 1 aliphatic carbocycles. The second-order valence-electron chi connectivity index (χ2n) is 8.07. The number of hydrogen-bond acceptors (Lipinski definition) is 6. The maximum Gasteiger partial charge on any atom is 0.266 e. The predicted molar refractivity (Wildman–Crippen MR) is 122 cm³/mol. The summed E-state index contributed by atoms with van der Waals surface area (Å²) in [5.41, 5.74) is 11.1. The number of fused-ring (bicyclic) bond motifs is 2. The van der Waals surface area contributed by atoms with Crippen molar-refractivity contribution >= 4 is 44.5 Å². The molecule has 3 aromatic heterocycles. The number of nitrogens with zero attached hydrogens (tertiary/aromatic N) is 3. The number of carbonyl (C=O) groups excluding carboxylic acids is 1. The third kappa shape index (κ3) is 3.35. The third-order valence-corrected chi connectivity index (χ3v) is 8.13. The van der Waals surface area contributed by atoms with Gasteiger partial charge in [0, 0.05) is 47.7 Å². The lowest BCUT2D eigenvalue weighted by Gasteiger charge is -2.32. The summed E-state index contributed by atoms with van der Waals surface area (Å²) in [7, 11) is 2.10. The molecule has 0 radical (unpaired) electrons. The molecule has 1 amide bonds. The molecule has 0 saturated carbocycles. The summed E-state index contributed by atoms with van der Waals surface area (Å²) in [6, 6.07) is 4.26. The number of amides is 1. The van der Waals surface area contributed by atoms with Crippen molar-refractivity contribution < 1.29 is 4.79 Å². The first-order valence-corrected chi connectivity index (χ1v) is 12.1. The molecule has 0 atom stereocenters. The SMILES string of the molecule is CN1CCN(C(=O)c2sc3nc4c(c(-c5cccs5)c3c2N)CCCCC4)CC1. The van der Waals surface area contributed by atoms with Gasteiger partial charge in [0.05, 0.1) is 5.69 Å². The molecule has 0 aromatic carbocycles. The first kappa shape index (κ1) is 19.0. The molecular weight excluding hydrogens is 400 g/mol. The van der Waals surface area contributed by atoms with E-state index >= 15 is 0 Å². The minimum atomic E-state index is 0.0610.